The minimum Gasteiger partial charge on any atom is -0.378 e. The van der Waals surface area contributed by atoms with E-state index in [1.807, 2.05) is 18.2 Å². The number of hydrogen-bond donors (Lipinski definition) is 1. The van der Waals surface area contributed by atoms with Gasteiger partial charge in [-0.05, 0) is 130 Å². The third-order valence-electron chi connectivity index (χ3n) is 14.6. The van der Waals surface area contributed by atoms with Gasteiger partial charge in [0.25, 0.3) is 11.5 Å². The van der Waals surface area contributed by atoms with E-state index in [1.165, 1.54) is 83.1 Å². The van der Waals surface area contributed by atoms with E-state index >= 15 is 0 Å². The molecule has 280 valence electrons. The van der Waals surface area contributed by atoms with Crippen LogP contribution in [0.1, 0.15) is 118 Å². The van der Waals surface area contributed by atoms with Gasteiger partial charge in [0.1, 0.15) is 5.82 Å². The number of ether oxygens (including phenoxy) is 1. The third-order valence-corrected chi connectivity index (χ3v) is 14.6. The van der Waals surface area contributed by atoms with Gasteiger partial charge in [0.15, 0.2) is 0 Å². The predicted octanol–water partition coefficient (Wildman–Crippen LogP) is 8.40. The van der Waals surface area contributed by atoms with Gasteiger partial charge in [0.2, 0.25) is 0 Å². The number of aromatic amines is 1. The van der Waals surface area contributed by atoms with Gasteiger partial charge < -0.3 is 9.64 Å². The highest BCUT2D eigenvalue weighted by Gasteiger charge is 2.55. The van der Waals surface area contributed by atoms with Crippen LogP contribution in [-0.2, 0) is 11.2 Å². The van der Waals surface area contributed by atoms with Gasteiger partial charge in [0, 0.05) is 44.6 Å². The summed E-state index contributed by atoms with van der Waals surface area (Å²) in [6.45, 7) is 7.48. The summed E-state index contributed by atoms with van der Waals surface area (Å²) in [4.78, 5) is 29.9. The quantitative estimate of drug-likeness (QED) is 0.202. The first-order chi connectivity index (χ1) is 25.4. The molecule has 8 rings (SSSR count). The largest absolute Gasteiger partial charge is 0.378 e. The first-order valence-electron chi connectivity index (χ1n) is 20.8. The van der Waals surface area contributed by atoms with Crippen LogP contribution in [0.2, 0.25) is 0 Å². The molecule has 3 aromatic rings. The average Bonchev–Trinajstić information content (AvgIpc) is 3.59. The molecule has 0 bridgehead atoms. The van der Waals surface area contributed by atoms with Crippen LogP contribution in [-0.4, -0.2) is 71.3 Å². The van der Waals surface area contributed by atoms with Crippen LogP contribution >= 0.6 is 0 Å². The summed E-state index contributed by atoms with van der Waals surface area (Å²) in [5.74, 6) is 3.94. The van der Waals surface area contributed by atoms with Gasteiger partial charge in [-0.15, -0.1) is 0 Å². The molecular weight excluding hydrogens is 652 g/mol. The highest BCUT2D eigenvalue weighted by molar-refractivity contribution is 5.95. The van der Waals surface area contributed by atoms with E-state index in [1.54, 1.807) is 23.1 Å². The molecule has 0 radical (unpaired) electrons. The van der Waals surface area contributed by atoms with Crippen molar-refractivity contribution in [1.29, 1.82) is 0 Å². The standard InChI is InChI=1S/C44H59FN4O3/c1-44-21-7-6-10-31(44)14-15-33-32-17-20-41(35(32)16-18-38(33)44)52-27-9-3-2-8-22-48-23-25-49(26-24-48)43(51)37-28-30(13-19-39(37)45)29-40-34-11-4-5-12-36(34)42(50)47-46-40/h4-5,11-13,19,28,31-33,35,38,41H,2-3,6-10,14-18,20-27,29H2,1H3,(H,47,50)/t31-,32+,33+,35?,38+,41+,44+/m1/s1. The van der Waals surface area contributed by atoms with Gasteiger partial charge in [-0.2, -0.15) is 5.10 Å². The number of rotatable bonds is 11. The molecule has 2 aromatic carbocycles. The Hall–Kier alpha value is -3.10. The van der Waals surface area contributed by atoms with Crippen molar-refractivity contribution in [2.24, 2.45) is 35.0 Å². The van der Waals surface area contributed by atoms with Crippen molar-refractivity contribution in [3.63, 3.8) is 0 Å². The maximum atomic E-state index is 14.9. The minimum atomic E-state index is -0.504. The van der Waals surface area contributed by atoms with Crippen molar-refractivity contribution in [3.05, 3.63) is 75.5 Å². The first kappa shape index (κ1) is 35.9. The van der Waals surface area contributed by atoms with Gasteiger partial charge in [-0.1, -0.05) is 56.9 Å². The van der Waals surface area contributed by atoms with Crippen molar-refractivity contribution in [2.75, 3.05) is 39.3 Å². The Bertz CT molecular complexity index is 1770. The Morgan fingerprint density at radius 3 is 2.54 bits per heavy atom. The second-order valence-corrected chi connectivity index (χ2v) is 17.3. The number of unbranched alkanes of at least 4 members (excludes halogenated alkanes) is 3. The fraction of sp³-hybridized carbons (Fsp3) is 0.659. The lowest BCUT2D eigenvalue weighted by atomic mass is 9.47. The number of piperazine rings is 1. The monoisotopic (exact) mass is 710 g/mol. The molecule has 1 aliphatic heterocycles. The molecule has 7 nitrogen and oxygen atoms in total. The van der Waals surface area contributed by atoms with Crippen LogP contribution in [0.3, 0.4) is 0 Å². The second kappa shape index (κ2) is 15.7. The SMILES string of the molecule is C[C@]12CCCC[C@@H]1CC[C@H]1[C@@H]3CC[C@H](OCCCCCCN4CCN(C(=O)c5cc(Cc6n[nH]c(=O)c7ccccc67)ccc5F)CC4)C3CC[C@@H]12. The van der Waals surface area contributed by atoms with E-state index in [2.05, 4.69) is 22.0 Å². The van der Waals surface area contributed by atoms with Crippen LogP contribution in [0.25, 0.3) is 10.8 Å². The van der Waals surface area contributed by atoms with Gasteiger partial charge >= 0.3 is 0 Å². The number of hydrogen-bond acceptors (Lipinski definition) is 5. The van der Waals surface area contributed by atoms with Crippen molar-refractivity contribution in [3.8, 4) is 0 Å². The van der Waals surface area contributed by atoms with E-state index in [9.17, 15) is 14.0 Å². The number of benzene rings is 2. The van der Waals surface area contributed by atoms with Crippen molar-refractivity contribution in [2.45, 2.75) is 109 Å². The zero-order valence-corrected chi connectivity index (χ0v) is 31.3. The Morgan fingerprint density at radius 1 is 0.885 bits per heavy atom. The van der Waals surface area contributed by atoms with Crippen LogP contribution in [0.15, 0.2) is 47.3 Å². The molecule has 1 unspecified atom stereocenters. The van der Waals surface area contributed by atoms with Gasteiger partial charge in [-0.25, -0.2) is 9.49 Å². The number of carbonyl (C=O) groups excluding carboxylic acids is 1. The molecule has 8 heteroatoms. The van der Waals surface area contributed by atoms with Gasteiger partial charge in [0.05, 0.1) is 22.7 Å². The molecule has 1 amide bonds. The Morgan fingerprint density at radius 2 is 1.67 bits per heavy atom. The number of nitrogens with zero attached hydrogens (tertiary/aromatic N) is 3. The second-order valence-electron chi connectivity index (χ2n) is 17.3. The van der Waals surface area contributed by atoms with Crippen molar-refractivity contribution in [1.82, 2.24) is 20.0 Å². The third kappa shape index (κ3) is 7.23. The Labute approximate surface area is 309 Å². The molecule has 1 saturated heterocycles. The lowest BCUT2D eigenvalue weighted by molar-refractivity contribution is -0.0979. The molecule has 1 N–H and O–H groups in total. The molecule has 7 atom stereocenters. The fourth-order valence-electron chi connectivity index (χ4n) is 11.8. The topological polar surface area (TPSA) is 78.5 Å². The molecule has 52 heavy (non-hydrogen) atoms. The number of amides is 1. The highest BCUT2D eigenvalue weighted by Crippen LogP contribution is 2.63. The smallest absolute Gasteiger partial charge is 0.272 e. The molecule has 4 aliphatic carbocycles. The Balaban J connectivity index is 0.735. The lowest BCUT2D eigenvalue weighted by Gasteiger charge is -2.58. The molecular formula is C44H59FN4O3. The Kier molecular flexibility index (Phi) is 10.8. The predicted molar refractivity (Wildman–Crippen MR) is 204 cm³/mol. The van der Waals surface area contributed by atoms with E-state index < -0.39 is 5.82 Å². The molecule has 2 heterocycles. The first-order valence-corrected chi connectivity index (χ1v) is 20.8. The summed E-state index contributed by atoms with van der Waals surface area (Å²) in [7, 11) is 0. The van der Waals surface area contributed by atoms with E-state index in [0.717, 1.165) is 79.6 Å². The molecule has 1 aromatic heterocycles. The summed E-state index contributed by atoms with van der Waals surface area (Å²) in [5.41, 5.74) is 1.97. The van der Waals surface area contributed by atoms with E-state index in [-0.39, 0.29) is 17.0 Å². The zero-order valence-electron chi connectivity index (χ0n) is 31.3. The van der Waals surface area contributed by atoms with Gasteiger partial charge in [-0.3, -0.25) is 14.5 Å². The molecule has 5 fully saturated rings. The van der Waals surface area contributed by atoms with Crippen LogP contribution in [0.5, 0.6) is 0 Å². The van der Waals surface area contributed by atoms with Crippen molar-refractivity contribution >= 4 is 16.7 Å². The normalized spacial score (nSPS) is 30.5. The zero-order chi connectivity index (χ0) is 35.7. The number of H-pyrrole nitrogens is 1. The number of nitrogens with one attached hydrogen (secondary N) is 1. The van der Waals surface area contributed by atoms with Crippen LogP contribution in [0.4, 0.5) is 4.39 Å². The minimum absolute atomic E-state index is 0.101. The highest BCUT2D eigenvalue weighted by atomic mass is 19.1. The van der Waals surface area contributed by atoms with Crippen LogP contribution < -0.4 is 5.56 Å². The lowest BCUT2D eigenvalue weighted by Crippen LogP contribution is -2.50. The summed E-state index contributed by atoms with van der Waals surface area (Å²) in [5, 5.41) is 8.15. The number of halogens is 1. The van der Waals surface area contributed by atoms with E-state index in [4.69, 9.17) is 4.74 Å². The number of carbonyl (C=O) groups is 1. The van der Waals surface area contributed by atoms with E-state index in [0.29, 0.717) is 42.1 Å². The van der Waals surface area contributed by atoms with Crippen LogP contribution in [0, 0.1) is 40.8 Å². The molecule has 0 spiro atoms. The maximum Gasteiger partial charge on any atom is 0.272 e. The molecule has 5 aliphatic rings. The summed E-state index contributed by atoms with van der Waals surface area (Å²) >= 11 is 0. The average molecular weight is 711 g/mol. The summed E-state index contributed by atoms with van der Waals surface area (Å²) in [6, 6.07) is 12.0. The molecule has 4 saturated carbocycles. The fourth-order valence-corrected chi connectivity index (χ4v) is 11.8. The summed E-state index contributed by atoms with van der Waals surface area (Å²) < 4.78 is 21.6. The number of aromatic nitrogens is 2. The number of fused-ring (bicyclic) bond motifs is 6. The van der Waals surface area contributed by atoms with Crippen molar-refractivity contribution < 1.29 is 13.9 Å². The summed E-state index contributed by atoms with van der Waals surface area (Å²) in [6.07, 6.45) is 20.1. The maximum absolute atomic E-state index is 14.9.